The van der Waals surface area contributed by atoms with Crippen LogP contribution >= 0.6 is 0 Å². The average molecular weight is 264 g/mol. The van der Waals surface area contributed by atoms with Gasteiger partial charge in [-0.25, -0.2) is 8.42 Å². The number of nitrogens with one attached hydrogen (secondary N) is 1. The van der Waals surface area contributed by atoms with Crippen LogP contribution in [-0.4, -0.2) is 27.8 Å². The molecule has 1 N–H and O–H groups in total. The van der Waals surface area contributed by atoms with E-state index in [4.69, 9.17) is 16.4 Å². The number of hydrogen-bond acceptors (Lipinski definition) is 5. The Bertz CT molecular complexity index is 609. The van der Waals surface area contributed by atoms with Crippen LogP contribution in [0.4, 0.5) is 5.69 Å². The minimum absolute atomic E-state index is 0.127. The summed E-state index contributed by atoms with van der Waals surface area (Å²) in [4.78, 5) is 0.127. The van der Waals surface area contributed by atoms with Gasteiger partial charge in [-0.2, -0.15) is 5.26 Å². The van der Waals surface area contributed by atoms with Crippen LogP contribution in [-0.2, 0) is 9.84 Å². The number of ether oxygens (including phenoxy) is 1. The summed E-state index contributed by atoms with van der Waals surface area (Å²) in [6.45, 7) is 0.110. The Balaban J connectivity index is 3.13. The lowest BCUT2D eigenvalue weighted by Gasteiger charge is -2.11. The quantitative estimate of drug-likeness (QED) is 0.804. The molecule has 1 rings (SSSR count). The second-order valence-electron chi connectivity index (χ2n) is 3.43. The molecule has 0 aromatic heterocycles. The predicted octanol–water partition coefficient (Wildman–Crippen LogP) is 1.04. The molecule has 1 aromatic rings. The molecular weight excluding hydrogens is 252 g/mol. The fourth-order valence-corrected chi connectivity index (χ4v) is 1.89. The Hall–Kier alpha value is -2.18. The van der Waals surface area contributed by atoms with E-state index in [0.29, 0.717) is 5.69 Å². The molecule has 0 amide bonds. The van der Waals surface area contributed by atoms with Crippen molar-refractivity contribution in [1.82, 2.24) is 0 Å². The molecule has 0 bridgehead atoms. The molecule has 0 unspecified atom stereocenters. The topological polar surface area (TPSA) is 79.2 Å². The highest BCUT2D eigenvalue weighted by Gasteiger charge is 2.11. The summed E-state index contributed by atoms with van der Waals surface area (Å²) < 4.78 is 28.0. The van der Waals surface area contributed by atoms with Crippen molar-refractivity contribution in [3.8, 4) is 24.2 Å². The van der Waals surface area contributed by atoms with Crippen LogP contribution in [0.15, 0.2) is 23.1 Å². The van der Waals surface area contributed by atoms with Gasteiger partial charge in [0, 0.05) is 12.3 Å². The molecule has 94 valence electrons. The molecule has 0 aliphatic carbocycles. The lowest BCUT2D eigenvalue weighted by molar-refractivity contribution is 0.369. The summed E-state index contributed by atoms with van der Waals surface area (Å²) in [5.74, 6) is 2.68. The van der Waals surface area contributed by atoms with Crippen LogP contribution in [0.3, 0.4) is 0 Å². The number of rotatable bonds is 5. The fourth-order valence-electron chi connectivity index (χ4n) is 1.26. The monoisotopic (exact) mass is 264 g/mol. The summed E-state index contributed by atoms with van der Waals surface area (Å²) >= 11 is 0. The normalized spacial score (nSPS) is 10.2. The number of sulfone groups is 1. The summed E-state index contributed by atoms with van der Waals surface area (Å²) in [5.41, 5.74) is 0.551. The van der Waals surface area contributed by atoms with E-state index in [9.17, 15) is 8.42 Å². The lowest BCUT2D eigenvalue weighted by Crippen LogP contribution is -2.05. The van der Waals surface area contributed by atoms with Crippen LogP contribution < -0.4 is 10.1 Å². The van der Waals surface area contributed by atoms with Gasteiger partial charge in [-0.1, -0.05) is 5.92 Å². The van der Waals surface area contributed by atoms with Gasteiger partial charge in [0.2, 0.25) is 0 Å². The van der Waals surface area contributed by atoms with Crippen molar-refractivity contribution in [3.05, 3.63) is 18.2 Å². The minimum Gasteiger partial charge on any atom is -0.477 e. The van der Waals surface area contributed by atoms with Crippen LogP contribution in [0.1, 0.15) is 0 Å². The summed E-state index contributed by atoms with van der Waals surface area (Å²) in [7, 11) is -3.32. The first kappa shape index (κ1) is 13.9. The van der Waals surface area contributed by atoms with Crippen molar-refractivity contribution in [1.29, 1.82) is 5.26 Å². The van der Waals surface area contributed by atoms with Crippen molar-refractivity contribution >= 4 is 15.5 Å². The molecule has 6 heteroatoms. The van der Waals surface area contributed by atoms with Gasteiger partial charge in [0.1, 0.15) is 11.8 Å². The zero-order chi connectivity index (χ0) is 13.6. The molecule has 0 spiro atoms. The maximum absolute atomic E-state index is 11.4. The third-order valence-electron chi connectivity index (χ3n) is 2.05. The van der Waals surface area contributed by atoms with Crippen LogP contribution in [0, 0.1) is 23.7 Å². The number of benzene rings is 1. The van der Waals surface area contributed by atoms with E-state index >= 15 is 0 Å². The highest BCUT2D eigenvalue weighted by atomic mass is 32.2. The SMILES string of the molecule is C#CCNc1ccc(S(C)(=O)=O)cc1OCC#N. The van der Waals surface area contributed by atoms with Gasteiger partial charge < -0.3 is 10.1 Å². The summed E-state index contributed by atoms with van der Waals surface area (Å²) in [5, 5.41) is 11.4. The maximum atomic E-state index is 11.4. The van der Waals surface area contributed by atoms with E-state index in [-0.39, 0.29) is 23.8 Å². The molecule has 18 heavy (non-hydrogen) atoms. The highest BCUT2D eigenvalue weighted by Crippen LogP contribution is 2.27. The van der Waals surface area contributed by atoms with Gasteiger partial charge in [0.15, 0.2) is 16.4 Å². The first-order valence-electron chi connectivity index (χ1n) is 5.00. The summed E-state index contributed by atoms with van der Waals surface area (Å²) in [6, 6.07) is 6.19. The van der Waals surface area contributed by atoms with E-state index < -0.39 is 9.84 Å². The van der Waals surface area contributed by atoms with E-state index in [1.807, 2.05) is 6.07 Å². The first-order valence-corrected chi connectivity index (χ1v) is 6.89. The number of terminal acetylenes is 1. The third kappa shape index (κ3) is 3.69. The van der Waals surface area contributed by atoms with Gasteiger partial charge in [-0.05, 0) is 12.1 Å². The Morgan fingerprint density at radius 1 is 1.50 bits per heavy atom. The molecule has 1 aromatic carbocycles. The van der Waals surface area contributed by atoms with Gasteiger partial charge in [0.25, 0.3) is 0 Å². The van der Waals surface area contributed by atoms with Gasteiger partial charge in [0.05, 0.1) is 17.1 Å². The second kappa shape index (κ2) is 5.95. The van der Waals surface area contributed by atoms with Gasteiger partial charge >= 0.3 is 0 Å². The second-order valence-corrected chi connectivity index (χ2v) is 5.45. The van der Waals surface area contributed by atoms with E-state index in [0.717, 1.165) is 6.26 Å². The molecule has 0 heterocycles. The number of nitrogens with zero attached hydrogens (tertiary/aromatic N) is 1. The van der Waals surface area contributed by atoms with Gasteiger partial charge in [-0.15, -0.1) is 6.42 Å². The Kier molecular flexibility index (Phi) is 4.59. The van der Waals surface area contributed by atoms with Crippen molar-refractivity contribution in [2.24, 2.45) is 0 Å². The molecular formula is C12H12N2O3S. The van der Waals surface area contributed by atoms with Crippen molar-refractivity contribution in [2.75, 3.05) is 24.7 Å². The first-order chi connectivity index (χ1) is 8.49. The predicted molar refractivity (Wildman–Crippen MR) is 68.0 cm³/mol. The van der Waals surface area contributed by atoms with E-state index in [1.165, 1.54) is 12.1 Å². The lowest BCUT2D eigenvalue weighted by atomic mass is 10.3. The largest absolute Gasteiger partial charge is 0.477 e. The molecule has 0 aliphatic heterocycles. The average Bonchev–Trinajstić information content (AvgIpc) is 2.33. The molecule has 0 atom stereocenters. The molecule has 0 aliphatic rings. The smallest absolute Gasteiger partial charge is 0.175 e. The zero-order valence-electron chi connectivity index (χ0n) is 9.80. The molecule has 0 saturated heterocycles. The van der Waals surface area contributed by atoms with E-state index in [2.05, 4.69) is 11.2 Å². The Morgan fingerprint density at radius 3 is 2.78 bits per heavy atom. The Labute approximate surface area is 106 Å². The number of nitriles is 1. The molecule has 0 saturated carbocycles. The van der Waals surface area contributed by atoms with Gasteiger partial charge in [-0.3, -0.25) is 0 Å². The maximum Gasteiger partial charge on any atom is 0.175 e. The third-order valence-corrected chi connectivity index (χ3v) is 3.16. The zero-order valence-corrected chi connectivity index (χ0v) is 10.6. The van der Waals surface area contributed by atoms with Crippen molar-refractivity contribution in [3.63, 3.8) is 0 Å². The van der Waals surface area contributed by atoms with Crippen molar-refractivity contribution < 1.29 is 13.2 Å². The highest BCUT2D eigenvalue weighted by molar-refractivity contribution is 7.90. The number of anilines is 1. The fraction of sp³-hybridized carbons (Fsp3) is 0.250. The Morgan fingerprint density at radius 2 is 2.22 bits per heavy atom. The molecule has 0 radical (unpaired) electrons. The van der Waals surface area contributed by atoms with Crippen molar-refractivity contribution in [2.45, 2.75) is 4.90 Å². The summed E-state index contributed by atoms with van der Waals surface area (Å²) in [6.07, 6.45) is 6.23. The molecule has 5 nitrogen and oxygen atoms in total. The minimum atomic E-state index is -3.32. The van der Waals surface area contributed by atoms with Crippen LogP contribution in [0.25, 0.3) is 0 Å². The number of hydrogen-bond donors (Lipinski definition) is 1. The molecule has 0 fully saturated rings. The van der Waals surface area contributed by atoms with E-state index in [1.54, 1.807) is 6.07 Å². The standard InChI is InChI=1S/C12H12N2O3S/c1-3-7-14-11-5-4-10(18(2,15)16)9-12(11)17-8-6-13/h1,4-5,9,14H,7-8H2,2H3. The van der Waals surface area contributed by atoms with Crippen LogP contribution in [0.5, 0.6) is 5.75 Å². The van der Waals surface area contributed by atoms with Crippen LogP contribution in [0.2, 0.25) is 0 Å².